The van der Waals surface area contributed by atoms with Gasteiger partial charge in [-0.3, -0.25) is 9.32 Å². The van der Waals surface area contributed by atoms with Gasteiger partial charge in [0.15, 0.2) is 5.78 Å². The molecule has 0 spiro atoms. The maximum atomic E-state index is 10.6. The van der Waals surface area contributed by atoms with Gasteiger partial charge in [0, 0.05) is 0 Å². The molecule has 0 aliphatic rings. The van der Waals surface area contributed by atoms with Crippen LogP contribution in [0.3, 0.4) is 0 Å². The molecule has 0 bridgehead atoms. The molecule has 84 valence electrons. The van der Waals surface area contributed by atoms with Crippen LogP contribution in [0.1, 0.15) is 0 Å². The summed E-state index contributed by atoms with van der Waals surface area (Å²) in [6, 6.07) is 0. The summed E-state index contributed by atoms with van der Waals surface area (Å²) in [5, 5.41) is 26.3. The summed E-state index contributed by atoms with van der Waals surface area (Å²) in [7, 11) is -4.58. The molecule has 14 heavy (non-hydrogen) atoms. The van der Waals surface area contributed by atoms with Crippen LogP contribution in [0.2, 0.25) is 0 Å². The Morgan fingerprint density at radius 1 is 1.57 bits per heavy atom. The Labute approximate surface area is 80.5 Å². The maximum Gasteiger partial charge on any atom is 0.469 e. The molecule has 0 saturated carbocycles. The first kappa shape index (κ1) is 11.7. The summed E-state index contributed by atoms with van der Waals surface area (Å²) in [5.74, 6) is -1.06. The molecule has 0 aliphatic heterocycles. The molecule has 0 heterocycles. The average molecular weight is 231 g/mol. The van der Waals surface area contributed by atoms with Crippen LogP contribution in [-0.2, 0) is 13.9 Å². The molecule has 8 nitrogen and oxygen atoms in total. The van der Waals surface area contributed by atoms with Crippen LogP contribution >= 0.6 is 7.82 Å². The summed E-state index contributed by atoms with van der Waals surface area (Å²) in [4.78, 5) is 22.4. The van der Waals surface area contributed by atoms with Gasteiger partial charge in [-0.05, 0) is 0 Å². The van der Waals surface area contributed by atoms with Crippen LogP contribution in [0.5, 0.6) is 0 Å². The van der Waals surface area contributed by atoms with Crippen molar-refractivity contribution in [3.63, 3.8) is 0 Å². The second kappa shape index (κ2) is 5.52. The molecule has 0 rings (SSSR count). The molecule has 1 unspecified atom stereocenters. The third kappa shape index (κ3) is 5.40. The molecule has 0 aliphatic carbocycles. The van der Waals surface area contributed by atoms with Gasteiger partial charge >= 0.3 is 7.82 Å². The summed E-state index contributed by atoms with van der Waals surface area (Å²) in [6.07, 6.45) is -3.72. The number of ketones is 1. The van der Waals surface area contributed by atoms with E-state index in [1.54, 1.807) is 0 Å². The van der Waals surface area contributed by atoms with Crippen molar-refractivity contribution in [1.82, 2.24) is 0 Å². The number of aliphatic hydroxyl groups is 3. The standard InChI is InChI=1S/C5H11O8P/c6-1-3(7)5(9)4(8)2-13-14(10,11)12/h4-6,8-9H,1-2H2,(H2,10,11,12)/t4-,5-/m1/s1/i/hD. The van der Waals surface area contributed by atoms with Gasteiger partial charge in [-0.2, -0.15) is 0 Å². The summed E-state index contributed by atoms with van der Waals surface area (Å²) < 4.78 is 20.6. The highest BCUT2D eigenvalue weighted by atomic mass is 31.2. The second-order valence-corrected chi connectivity index (χ2v) is 3.60. The average Bonchev–Trinajstić information content (AvgIpc) is 2.23. The normalized spacial score (nSPS) is 20.7. The van der Waals surface area contributed by atoms with E-state index < -0.39 is 39.0 Å². The number of aliphatic hydroxyl groups excluding tert-OH is 3. The Bertz CT molecular complexity index is 257. The largest absolute Gasteiger partial charge is 0.469 e. The number of Topliss-reactive ketones (excluding diaryl/α,β-unsaturated/α-hetero) is 1. The predicted molar refractivity (Wildman–Crippen MR) is 42.1 cm³/mol. The fraction of sp³-hybridized carbons (Fsp3) is 0.800. The maximum absolute atomic E-state index is 10.6. The van der Waals surface area contributed by atoms with E-state index >= 15 is 0 Å². The van der Waals surface area contributed by atoms with Crippen LogP contribution in [-0.4, -0.2) is 57.7 Å². The van der Waals surface area contributed by atoms with E-state index in [1.165, 1.54) is 0 Å². The number of hydrogen-bond donors (Lipinski definition) is 5. The minimum atomic E-state index is -4.58. The van der Waals surface area contributed by atoms with E-state index in [4.69, 9.17) is 21.6 Å². The molecule has 0 amide bonds. The van der Waals surface area contributed by atoms with Gasteiger partial charge in [0.1, 0.15) is 18.8 Å². The molecule has 0 fully saturated rings. The van der Waals surface area contributed by atoms with Crippen LogP contribution in [0, 0.1) is 0 Å². The molecule has 0 aromatic rings. The molecular weight excluding hydrogens is 219 g/mol. The highest BCUT2D eigenvalue weighted by molar-refractivity contribution is 7.46. The van der Waals surface area contributed by atoms with Crippen LogP contribution < -0.4 is 0 Å². The van der Waals surface area contributed by atoms with Crippen molar-refractivity contribution in [2.75, 3.05) is 13.2 Å². The first-order valence-corrected chi connectivity index (χ1v) is 4.95. The predicted octanol–water partition coefficient (Wildman–Crippen LogP) is -2.62. The molecule has 0 aromatic carbocycles. The zero-order valence-electron chi connectivity index (χ0n) is 7.94. The summed E-state index contributed by atoms with van der Waals surface area (Å²) >= 11 is 0. The third-order valence-corrected chi connectivity index (χ3v) is 1.73. The van der Waals surface area contributed by atoms with E-state index in [9.17, 15) is 9.36 Å². The lowest BCUT2D eigenvalue weighted by atomic mass is 10.1. The summed E-state index contributed by atoms with van der Waals surface area (Å²) in [5.41, 5.74) is 0. The highest BCUT2D eigenvalue weighted by Crippen LogP contribution is 2.35. The van der Waals surface area contributed by atoms with Gasteiger partial charge in [0.25, 0.3) is 0 Å². The van der Waals surface area contributed by atoms with E-state index in [1.807, 2.05) is 0 Å². The van der Waals surface area contributed by atoms with Gasteiger partial charge in [-0.15, -0.1) is 0 Å². The van der Waals surface area contributed by atoms with Crippen molar-refractivity contribution in [3.05, 3.63) is 0 Å². The number of phosphoric acid groups is 1. The molecule has 0 saturated heterocycles. The van der Waals surface area contributed by atoms with E-state index in [-0.39, 0.29) is 0 Å². The molecule has 5 N–H and O–H groups in total. The topological polar surface area (TPSA) is 145 Å². The first-order valence-electron chi connectivity index (χ1n) is 3.87. The van der Waals surface area contributed by atoms with Crippen molar-refractivity contribution >= 4 is 13.6 Å². The zero-order chi connectivity index (χ0) is 12.1. The lowest BCUT2D eigenvalue weighted by molar-refractivity contribution is -0.137. The lowest BCUT2D eigenvalue weighted by Crippen LogP contribution is -2.38. The lowest BCUT2D eigenvalue weighted by Gasteiger charge is -2.15. The second-order valence-electron chi connectivity index (χ2n) is 2.40. The van der Waals surface area contributed by atoms with E-state index in [0.29, 0.717) is 0 Å². The van der Waals surface area contributed by atoms with Gasteiger partial charge in [-0.1, -0.05) is 0 Å². The Balaban J connectivity index is 4.09. The van der Waals surface area contributed by atoms with Crippen molar-refractivity contribution in [2.24, 2.45) is 0 Å². The number of carbonyl (C=O) groups is 1. The van der Waals surface area contributed by atoms with Crippen LogP contribution in [0.25, 0.3) is 0 Å². The molecule has 9 heteroatoms. The summed E-state index contributed by atoms with van der Waals surface area (Å²) in [6.45, 7) is -1.87. The van der Waals surface area contributed by atoms with Crippen molar-refractivity contribution < 1.29 is 39.0 Å². The number of phosphoric ester groups is 1. The Hall–Kier alpha value is -0.340. The number of rotatable bonds is 7. The van der Waals surface area contributed by atoms with E-state index in [2.05, 4.69) is 9.42 Å². The minimum absolute atomic E-state index is 0.889. The number of hydrogen-bond acceptors (Lipinski definition) is 7. The van der Waals surface area contributed by atoms with Gasteiger partial charge in [0.2, 0.25) is 1.43 Å². The van der Waals surface area contributed by atoms with Crippen LogP contribution in [0.15, 0.2) is 0 Å². The Morgan fingerprint density at radius 3 is 2.57 bits per heavy atom. The van der Waals surface area contributed by atoms with Crippen molar-refractivity contribution in [3.8, 4) is 0 Å². The quantitative estimate of drug-likeness (QED) is 0.299. The zero-order valence-corrected chi connectivity index (χ0v) is 7.83. The monoisotopic (exact) mass is 231 g/mol. The minimum Gasteiger partial charge on any atom is -0.388 e. The van der Waals surface area contributed by atoms with Gasteiger partial charge < -0.3 is 25.1 Å². The third-order valence-electron chi connectivity index (χ3n) is 1.26. The molecule has 3 atom stereocenters. The fourth-order valence-electron chi connectivity index (χ4n) is 0.570. The van der Waals surface area contributed by atoms with Gasteiger partial charge in [0.05, 0.1) is 6.61 Å². The number of carbonyl (C=O) groups excluding carboxylic acids is 1. The molecule has 0 aromatic heterocycles. The van der Waals surface area contributed by atoms with E-state index in [0.717, 1.165) is 0 Å². The molecule has 0 radical (unpaired) electrons. The van der Waals surface area contributed by atoms with Crippen LogP contribution in [0.4, 0.5) is 0 Å². The fourth-order valence-corrected chi connectivity index (χ4v) is 0.911. The molecular formula is C5H11O8P. The first-order chi connectivity index (χ1) is 6.84. The van der Waals surface area contributed by atoms with Crippen molar-refractivity contribution in [2.45, 2.75) is 12.2 Å². The van der Waals surface area contributed by atoms with Gasteiger partial charge in [-0.25, -0.2) is 4.57 Å². The SMILES string of the molecule is [2H]OP(=O)(O)OC[C@@H](O)[C@H](O)C(=O)CO. The van der Waals surface area contributed by atoms with Crippen molar-refractivity contribution in [1.29, 1.82) is 1.43 Å². The smallest absolute Gasteiger partial charge is 0.388 e. The Morgan fingerprint density at radius 2 is 2.14 bits per heavy atom. The highest BCUT2D eigenvalue weighted by Gasteiger charge is 2.26. The Kier molecular flexibility index (Phi) is 4.63.